The van der Waals surface area contributed by atoms with E-state index in [9.17, 15) is 9.18 Å². The lowest BCUT2D eigenvalue weighted by Crippen LogP contribution is -2.37. The van der Waals surface area contributed by atoms with Crippen molar-refractivity contribution in [2.75, 3.05) is 18.1 Å². The SMILES string of the molecule is Cc1cc(Cl)cc2sc(N(CC3CCCO3)C(=O)c3ccc(F)cc3)nc12. The van der Waals surface area contributed by atoms with Gasteiger partial charge >= 0.3 is 0 Å². The Morgan fingerprint density at radius 1 is 1.37 bits per heavy atom. The van der Waals surface area contributed by atoms with Gasteiger partial charge in [0.1, 0.15) is 5.82 Å². The van der Waals surface area contributed by atoms with Crippen LogP contribution in [0, 0.1) is 12.7 Å². The minimum Gasteiger partial charge on any atom is -0.376 e. The van der Waals surface area contributed by atoms with Crippen molar-refractivity contribution in [3.05, 3.63) is 58.4 Å². The van der Waals surface area contributed by atoms with Crippen LogP contribution in [0.3, 0.4) is 0 Å². The number of carbonyl (C=O) groups excluding carboxylic acids is 1. The molecule has 27 heavy (non-hydrogen) atoms. The molecule has 0 aliphatic carbocycles. The summed E-state index contributed by atoms with van der Waals surface area (Å²) in [6.07, 6.45) is 1.87. The summed E-state index contributed by atoms with van der Waals surface area (Å²) in [5.74, 6) is -0.587. The maximum absolute atomic E-state index is 13.3. The van der Waals surface area contributed by atoms with E-state index in [0.717, 1.165) is 28.6 Å². The zero-order chi connectivity index (χ0) is 19.0. The first kappa shape index (κ1) is 18.3. The number of thiazole rings is 1. The summed E-state index contributed by atoms with van der Waals surface area (Å²) < 4.78 is 19.9. The number of hydrogen-bond donors (Lipinski definition) is 0. The van der Waals surface area contributed by atoms with E-state index in [4.69, 9.17) is 21.3 Å². The van der Waals surface area contributed by atoms with Gasteiger partial charge in [-0.2, -0.15) is 0 Å². The Morgan fingerprint density at radius 2 is 2.15 bits per heavy atom. The molecule has 0 N–H and O–H groups in total. The van der Waals surface area contributed by atoms with Gasteiger partial charge in [0.2, 0.25) is 0 Å². The Kier molecular flexibility index (Phi) is 5.12. The molecular weight excluding hydrogens is 387 g/mol. The standard InChI is InChI=1S/C20H18ClFN2O2S/c1-12-9-14(21)10-17-18(12)23-20(27-17)24(11-16-3-2-8-26-16)19(25)13-4-6-15(22)7-5-13/h4-7,9-10,16H,2-3,8,11H2,1H3. The van der Waals surface area contributed by atoms with Gasteiger partial charge in [-0.25, -0.2) is 9.37 Å². The number of anilines is 1. The Labute approximate surface area is 165 Å². The first-order valence-corrected chi connectivity index (χ1v) is 9.96. The molecular formula is C20H18ClFN2O2S. The lowest BCUT2D eigenvalue weighted by molar-refractivity contribution is 0.0917. The van der Waals surface area contributed by atoms with Crippen molar-refractivity contribution in [1.29, 1.82) is 0 Å². The van der Waals surface area contributed by atoms with Crippen LogP contribution in [0.1, 0.15) is 28.8 Å². The third-order valence-corrected chi connectivity index (χ3v) is 5.86. The van der Waals surface area contributed by atoms with E-state index >= 15 is 0 Å². The highest BCUT2D eigenvalue weighted by Gasteiger charge is 2.27. The van der Waals surface area contributed by atoms with Gasteiger partial charge in [0, 0.05) is 17.2 Å². The third-order valence-electron chi connectivity index (χ3n) is 4.62. The number of nitrogens with zero attached hydrogens (tertiary/aromatic N) is 2. The molecule has 140 valence electrons. The lowest BCUT2D eigenvalue weighted by Gasteiger charge is -2.23. The van der Waals surface area contributed by atoms with Crippen molar-refractivity contribution < 1.29 is 13.9 Å². The van der Waals surface area contributed by atoms with Gasteiger partial charge in [0.05, 0.1) is 22.9 Å². The molecule has 1 saturated heterocycles. The lowest BCUT2D eigenvalue weighted by atomic mass is 10.1. The molecule has 0 spiro atoms. The Bertz CT molecular complexity index is 984. The zero-order valence-corrected chi connectivity index (χ0v) is 16.3. The number of ether oxygens (including phenoxy) is 1. The molecule has 0 radical (unpaired) electrons. The number of benzene rings is 2. The summed E-state index contributed by atoms with van der Waals surface area (Å²) in [6, 6.07) is 9.29. The van der Waals surface area contributed by atoms with Crippen LogP contribution in [0.2, 0.25) is 5.02 Å². The minimum absolute atomic E-state index is 0.0221. The molecule has 3 aromatic rings. The summed E-state index contributed by atoms with van der Waals surface area (Å²) >= 11 is 7.59. The van der Waals surface area contributed by atoms with Gasteiger partial charge in [0.25, 0.3) is 5.91 Å². The van der Waals surface area contributed by atoms with Crippen molar-refractivity contribution in [1.82, 2.24) is 4.98 Å². The Hall–Kier alpha value is -2.02. The number of hydrogen-bond acceptors (Lipinski definition) is 4. The Morgan fingerprint density at radius 3 is 2.85 bits per heavy atom. The molecule has 2 heterocycles. The molecule has 4 nitrogen and oxygen atoms in total. The highest BCUT2D eigenvalue weighted by atomic mass is 35.5. The summed E-state index contributed by atoms with van der Waals surface area (Å²) in [4.78, 5) is 19.5. The van der Waals surface area contributed by atoms with Crippen molar-refractivity contribution in [2.24, 2.45) is 0 Å². The molecule has 1 atom stereocenters. The molecule has 2 aromatic carbocycles. The van der Waals surface area contributed by atoms with Crippen LogP contribution in [-0.2, 0) is 4.74 Å². The van der Waals surface area contributed by atoms with Crippen molar-refractivity contribution in [3.63, 3.8) is 0 Å². The maximum Gasteiger partial charge on any atom is 0.260 e. The number of fused-ring (bicyclic) bond motifs is 1. The molecule has 0 saturated carbocycles. The molecule has 1 amide bonds. The second-order valence-electron chi connectivity index (χ2n) is 6.62. The second kappa shape index (κ2) is 7.54. The van der Waals surface area contributed by atoms with Gasteiger partial charge in [-0.1, -0.05) is 22.9 Å². The van der Waals surface area contributed by atoms with E-state index in [1.54, 1.807) is 4.90 Å². The average molecular weight is 405 g/mol. The number of amides is 1. The van der Waals surface area contributed by atoms with Crippen molar-refractivity contribution >= 4 is 44.2 Å². The summed E-state index contributed by atoms with van der Waals surface area (Å²) in [7, 11) is 0. The van der Waals surface area contributed by atoms with E-state index in [1.807, 2.05) is 19.1 Å². The van der Waals surface area contributed by atoms with Crippen LogP contribution in [0.5, 0.6) is 0 Å². The van der Waals surface area contributed by atoms with Gasteiger partial charge in [0.15, 0.2) is 5.13 Å². The van der Waals surface area contributed by atoms with Gasteiger partial charge in [-0.05, 0) is 61.7 Å². The summed E-state index contributed by atoms with van der Waals surface area (Å²) in [6.45, 7) is 3.07. The van der Waals surface area contributed by atoms with Gasteiger partial charge in [-0.3, -0.25) is 9.69 Å². The topological polar surface area (TPSA) is 42.4 Å². The molecule has 7 heteroatoms. The third kappa shape index (κ3) is 3.83. The monoisotopic (exact) mass is 404 g/mol. The zero-order valence-electron chi connectivity index (χ0n) is 14.7. The molecule has 0 bridgehead atoms. The fraction of sp³-hybridized carbons (Fsp3) is 0.300. The summed E-state index contributed by atoms with van der Waals surface area (Å²) in [5, 5.41) is 1.24. The maximum atomic E-state index is 13.3. The van der Waals surface area contributed by atoms with Crippen LogP contribution in [-0.4, -0.2) is 30.1 Å². The number of rotatable bonds is 4. The largest absolute Gasteiger partial charge is 0.376 e. The highest BCUT2D eigenvalue weighted by molar-refractivity contribution is 7.22. The van der Waals surface area contributed by atoms with Crippen LogP contribution in [0.4, 0.5) is 9.52 Å². The highest BCUT2D eigenvalue weighted by Crippen LogP contribution is 2.34. The predicted octanol–water partition coefficient (Wildman–Crippen LogP) is 5.22. The van der Waals surface area contributed by atoms with E-state index in [0.29, 0.717) is 28.9 Å². The number of halogens is 2. The molecule has 1 aliphatic heterocycles. The number of aromatic nitrogens is 1. The van der Waals surface area contributed by atoms with Crippen molar-refractivity contribution in [3.8, 4) is 0 Å². The Balaban J connectivity index is 1.74. The molecule has 4 rings (SSSR count). The van der Waals surface area contributed by atoms with Gasteiger partial charge in [-0.15, -0.1) is 0 Å². The number of carbonyl (C=O) groups is 1. The van der Waals surface area contributed by atoms with Crippen molar-refractivity contribution in [2.45, 2.75) is 25.9 Å². The van der Waals surface area contributed by atoms with E-state index in [-0.39, 0.29) is 17.8 Å². The second-order valence-corrected chi connectivity index (χ2v) is 8.07. The molecule has 1 unspecified atom stereocenters. The van der Waals surface area contributed by atoms with E-state index in [1.165, 1.54) is 35.6 Å². The van der Waals surface area contributed by atoms with Crippen LogP contribution in [0.25, 0.3) is 10.2 Å². The van der Waals surface area contributed by atoms with Crippen LogP contribution >= 0.6 is 22.9 Å². The molecule has 1 fully saturated rings. The quantitative estimate of drug-likeness (QED) is 0.598. The normalized spacial score (nSPS) is 16.8. The minimum atomic E-state index is -0.373. The molecule has 1 aromatic heterocycles. The summed E-state index contributed by atoms with van der Waals surface area (Å²) in [5.41, 5.74) is 2.22. The first-order valence-electron chi connectivity index (χ1n) is 8.77. The average Bonchev–Trinajstić information content (AvgIpc) is 3.29. The number of aryl methyl sites for hydroxylation is 1. The fourth-order valence-electron chi connectivity index (χ4n) is 3.25. The van der Waals surface area contributed by atoms with Gasteiger partial charge < -0.3 is 4.74 Å². The first-order chi connectivity index (χ1) is 13.0. The van der Waals surface area contributed by atoms with Crippen LogP contribution in [0.15, 0.2) is 36.4 Å². The van der Waals surface area contributed by atoms with Crippen LogP contribution < -0.4 is 4.90 Å². The fourth-order valence-corrected chi connectivity index (χ4v) is 4.67. The predicted molar refractivity (Wildman–Crippen MR) is 106 cm³/mol. The smallest absolute Gasteiger partial charge is 0.260 e. The van der Waals surface area contributed by atoms with E-state index in [2.05, 4.69) is 0 Å². The van der Waals surface area contributed by atoms with E-state index < -0.39 is 0 Å². The molecule has 1 aliphatic rings.